The molecule has 0 aliphatic carbocycles. The van der Waals surface area contributed by atoms with E-state index in [2.05, 4.69) is 5.32 Å². The van der Waals surface area contributed by atoms with Gasteiger partial charge in [-0.3, -0.25) is 4.79 Å². The van der Waals surface area contributed by atoms with Gasteiger partial charge in [-0.25, -0.2) is 4.39 Å². The normalized spacial score (nSPS) is 28.5. The summed E-state index contributed by atoms with van der Waals surface area (Å²) in [6, 6.07) is 3.08. The monoisotopic (exact) mass is 315 g/mol. The van der Waals surface area contributed by atoms with E-state index >= 15 is 0 Å². The molecular weight excluding hydrogens is 298 g/mol. The fourth-order valence-corrected chi connectivity index (χ4v) is 3.61. The Labute approximate surface area is 125 Å². The number of nitrogens with one attached hydrogen (secondary N) is 1. The molecule has 3 rings (SSSR count). The molecule has 1 N–H and O–H groups in total. The van der Waals surface area contributed by atoms with Gasteiger partial charge in [0, 0.05) is 23.6 Å². The maximum atomic E-state index is 13.3. The summed E-state index contributed by atoms with van der Waals surface area (Å²) in [5.74, 6) is -1.92. The predicted octanol–water partition coefficient (Wildman–Crippen LogP) is 3.95. The molecule has 0 saturated carbocycles. The molecule has 0 aromatic heterocycles. The fraction of sp³-hybridized carbons (Fsp3) is 0.562. The molecular formula is C16H17F4NO. The Hall–Kier alpha value is -1.43. The molecule has 0 radical (unpaired) electrons. The number of carbonyl (C=O) groups excluding carboxylic acids is 1. The SMILES string of the molecule is O=C(c1ccc(F)c(C(F)(F)F)c1)C1CC2CCCC(C1)N2. The van der Waals surface area contributed by atoms with Gasteiger partial charge < -0.3 is 5.32 Å². The largest absolute Gasteiger partial charge is 0.419 e. The van der Waals surface area contributed by atoms with Gasteiger partial charge in [-0.1, -0.05) is 6.42 Å². The molecule has 2 fully saturated rings. The van der Waals surface area contributed by atoms with Crippen molar-refractivity contribution >= 4 is 5.78 Å². The Morgan fingerprint density at radius 3 is 2.36 bits per heavy atom. The number of hydrogen-bond acceptors (Lipinski definition) is 2. The zero-order valence-corrected chi connectivity index (χ0v) is 11.9. The molecule has 2 saturated heterocycles. The molecule has 2 aliphatic heterocycles. The Kier molecular flexibility index (Phi) is 3.97. The highest BCUT2D eigenvalue weighted by Crippen LogP contribution is 2.35. The molecule has 2 nitrogen and oxygen atoms in total. The molecule has 0 amide bonds. The van der Waals surface area contributed by atoms with E-state index in [0.29, 0.717) is 18.9 Å². The van der Waals surface area contributed by atoms with Gasteiger partial charge in [0.15, 0.2) is 5.78 Å². The number of benzene rings is 1. The fourth-order valence-electron chi connectivity index (χ4n) is 3.61. The lowest BCUT2D eigenvalue weighted by atomic mass is 9.77. The second-order valence-electron chi connectivity index (χ2n) is 6.22. The van der Waals surface area contributed by atoms with Crippen LogP contribution in [0.3, 0.4) is 0 Å². The number of rotatable bonds is 2. The number of alkyl halides is 3. The molecule has 6 heteroatoms. The predicted molar refractivity (Wildman–Crippen MR) is 73.0 cm³/mol. The van der Waals surface area contributed by atoms with Crippen LogP contribution in [0.1, 0.15) is 48.0 Å². The summed E-state index contributed by atoms with van der Waals surface area (Å²) >= 11 is 0. The number of ketones is 1. The van der Waals surface area contributed by atoms with Crippen molar-refractivity contribution in [1.82, 2.24) is 5.32 Å². The number of halogens is 4. The first-order valence-corrected chi connectivity index (χ1v) is 7.51. The van der Waals surface area contributed by atoms with Gasteiger partial charge in [0.1, 0.15) is 5.82 Å². The Morgan fingerprint density at radius 1 is 1.14 bits per heavy atom. The van der Waals surface area contributed by atoms with E-state index in [0.717, 1.165) is 31.4 Å². The summed E-state index contributed by atoms with van der Waals surface area (Å²) in [5, 5.41) is 3.44. The van der Waals surface area contributed by atoms with Crippen molar-refractivity contribution in [1.29, 1.82) is 0 Å². The Bertz CT molecular complexity index is 572. The van der Waals surface area contributed by atoms with Crippen LogP contribution in [0, 0.1) is 11.7 Å². The van der Waals surface area contributed by atoms with Crippen molar-refractivity contribution < 1.29 is 22.4 Å². The third kappa shape index (κ3) is 3.02. The van der Waals surface area contributed by atoms with Gasteiger partial charge in [-0.2, -0.15) is 13.2 Å². The lowest BCUT2D eigenvalue weighted by molar-refractivity contribution is -0.140. The maximum absolute atomic E-state index is 13.3. The van der Waals surface area contributed by atoms with Crippen LogP contribution in [-0.2, 0) is 6.18 Å². The highest BCUT2D eigenvalue weighted by Gasteiger charge is 2.37. The van der Waals surface area contributed by atoms with Crippen LogP contribution in [0.5, 0.6) is 0 Å². The first-order valence-electron chi connectivity index (χ1n) is 7.51. The number of hydrogen-bond donors (Lipinski definition) is 1. The number of fused-ring (bicyclic) bond motifs is 2. The molecule has 2 bridgehead atoms. The van der Waals surface area contributed by atoms with Gasteiger partial charge in [-0.15, -0.1) is 0 Å². The number of piperidine rings is 2. The van der Waals surface area contributed by atoms with Crippen molar-refractivity contribution in [2.24, 2.45) is 5.92 Å². The van der Waals surface area contributed by atoms with E-state index < -0.39 is 17.6 Å². The van der Waals surface area contributed by atoms with Crippen LogP contribution in [0.25, 0.3) is 0 Å². The molecule has 2 atom stereocenters. The molecule has 22 heavy (non-hydrogen) atoms. The van der Waals surface area contributed by atoms with E-state index in [-0.39, 0.29) is 29.3 Å². The quantitative estimate of drug-likeness (QED) is 0.661. The first kappa shape index (κ1) is 15.5. The van der Waals surface area contributed by atoms with Crippen LogP contribution in [0.4, 0.5) is 17.6 Å². The Morgan fingerprint density at radius 2 is 1.77 bits per heavy atom. The number of carbonyl (C=O) groups is 1. The van der Waals surface area contributed by atoms with E-state index in [9.17, 15) is 22.4 Å². The van der Waals surface area contributed by atoms with Crippen molar-refractivity contribution in [3.63, 3.8) is 0 Å². The standard InChI is InChI=1S/C16H17F4NO/c17-14-5-4-9(8-13(14)16(18,19)20)15(22)10-6-11-2-1-3-12(7-10)21-11/h4-5,8,10-12,21H,1-3,6-7H2. The van der Waals surface area contributed by atoms with E-state index in [1.165, 1.54) is 0 Å². The second-order valence-corrected chi connectivity index (χ2v) is 6.22. The van der Waals surface area contributed by atoms with Gasteiger partial charge in [-0.05, 0) is 43.9 Å². The summed E-state index contributed by atoms with van der Waals surface area (Å²) in [5.41, 5.74) is -1.41. The van der Waals surface area contributed by atoms with E-state index in [1.807, 2.05) is 0 Å². The van der Waals surface area contributed by atoms with Gasteiger partial charge in [0.2, 0.25) is 0 Å². The summed E-state index contributed by atoms with van der Waals surface area (Å²) in [4.78, 5) is 12.5. The molecule has 1 aromatic carbocycles. The molecule has 2 aliphatic rings. The summed E-state index contributed by atoms with van der Waals surface area (Å²) in [7, 11) is 0. The minimum Gasteiger partial charge on any atom is -0.311 e. The van der Waals surface area contributed by atoms with Gasteiger partial charge >= 0.3 is 6.18 Å². The summed E-state index contributed by atoms with van der Waals surface area (Å²) in [6.45, 7) is 0. The average Bonchev–Trinajstić information content (AvgIpc) is 2.45. The van der Waals surface area contributed by atoms with Crippen LogP contribution in [0.15, 0.2) is 18.2 Å². The molecule has 2 unspecified atom stereocenters. The van der Waals surface area contributed by atoms with Crippen molar-refractivity contribution in [3.05, 3.63) is 35.1 Å². The average molecular weight is 315 g/mol. The third-order valence-corrected chi connectivity index (χ3v) is 4.64. The van der Waals surface area contributed by atoms with Crippen LogP contribution >= 0.6 is 0 Å². The number of Topliss-reactive ketones (excluding diaryl/α,β-unsaturated/α-hetero) is 1. The zero-order valence-electron chi connectivity index (χ0n) is 11.9. The summed E-state index contributed by atoms with van der Waals surface area (Å²) in [6.07, 6.45) is -0.375. The van der Waals surface area contributed by atoms with Gasteiger partial charge in [0.25, 0.3) is 0 Å². The van der Waals surface area contributed by atoms with Crippen molar-refractivity contribution in [2.75, 3.05) is 0 Å². The minimum absolute atomic E-state index is 0.0429. The molecule has 1 aromatic rings. The summed E-state index contributed by atoms with van der Waals surface area (Å²) < 4.78 is 51.6. The minimum atomic E-state index is -4.79. The maximum Gasteiger partial charge on any atom is 0.419 e. The smallest absolute Gasteiger partial charge is 0.311 e. The Balaban J connectivity index is 1.83. The lowest BCUT2D eigenvalue weighted by Gasteiger charge is -2.39. The molecule has 0 spiro atoms. The second kappa shape index (κ2) is 5.65. The van der Waals surface area contributed by atoms with Crippen molar-refractivity contribution in [2.45, 2.75) is 50.4 Å². The molecule has 2 heterocycles. The van der Waals surface area contributed by atoms with Gasteiger partial charge in [0.05, 0.1) is 5.56 Å². The molecule has 120 valence electrons. The van der Waals surface area contributed by atoms with Crippen LogP contribution in [0.2, 0.25) is 0 Å². The third-order valence-electron chi connectivity index (χ3n) is 4.64. The first-order chi connectivity index (χ1) is 10.3. The topological polar surface area (TPSA) is 29.1 Å². The lowest BCUT2D eigenvalue weighted by Crippen LogP contribution is -2.50. The van der Waals surface area contributed by atoms with Crippen molar-refractivity contribution in [3.8, 4) is 0 Å². The van der Waals surface area contributed by atoms with Crippen LogP contribution in [-0.4, -0.2) is 17.9 Å². The highest BCUT2D eigenvalue weighted by molar-refractivity contribution is 5.98. The van der Waals surface area contributed by atoms with Crippen LogP contribution < -0.4 is 5.32 Å². The van der Waals surface area contributed by atoms with E-state index in [1.54, 1.807) is 0 Å². The zero-order chi connectivity index (χ0) is 15.9. The van der Waals surface area contributed by atoms with E-state index in [4.69, 9.17) is 0 Å². The highest BCUT2D eigenvalue weighted by atomic mass is 19.4.